The summed E-state index contributed by atoms with van der Waals surface area (Å²) in [7, 11) is 0. The van der Waals surface area contributed by atoms with Crippen molar-refractivity contribution in [3.05, 3.63) is 113 Å². The molecule has 0 aliphatic rings. The average molecular weight is 372 g/mol. The minimum atomic E-state index is 0. The number of aryl methyl sites for hydroxylation is 2. The summed E-state index contributed by atoms with van der Waals surface area (Å²) in [6, 6.07) is 26.5. The molecule has 146 valence electrons. The molecule has 1 nitrogen and oxygen atoms in total. The van der Waals surface area contributed by atoms with Gasteiger partial charge in [0.2, 0.25) is 0 Å². The summed E-state index contributed by atoms with van der Waals surface area (Å²) in [5, 5.41) is 3.61. The maximum Gasteiger partial charge on any atom is 0.0205 e. The molecule has 0 saturated carbocycles. The Morgan fingerprint density at radius 2 is 1.29 bits per heavy atom. The maximum atomic E-state index is 3.81. The summed E-state index contributed by atoms with van der Waals surface area (Å²) in [6.07, 6.45) is 2.96. The fourth-order valence-electron chi connectivity index (χ4n) is 3.37. The summed E-state index contributed by atoms with van der Waals surface area (Å²) < 4.78 is 0. The van der Waals surface area contributed by atoms with Crippen LogP contribution in [0.4, 0.5) is 0 Å². The molecule has 0 aliphatic heterocycles. The highest BCUT2D eigenvalue weighted by Gasteiger charge is 2.13. The standard InChI is InChI=1S/C26H29N.CH4/c1-4-22-9-11-23(12-10-22)19-27-18-17-26(24-13-5-20(2)6-14-24)25-15-7-21(3)8-16-25;/h4-16,26-27H,1,17-19H2,2-3H3;1H4. The Kier molecular flexibility index (Phi) is 8.22. The van der Waals surface area contributed by atoms with E-state index in [9.17, 15) is 0 Å². The van der Waals surface area contributed by atoms with Gasteiger partial charge >= 0.3 is 0 Å². The van der Waals surface area contributed by atoms with Gasteiger partial charge in [0.15, 0.2) is 0 Å². The molecule has 0 atom stereocenters. The minimum absolute atomic E-state index is 0. The molecule has 28 heavy (non-hydrogen) atoms. The van der Waals surface area contributed by atoms with Crippen molar-refractivity contribution in [3.63, 3.8) is 0 Å². The van der Waals surface area contributed by atoms with Crippen molar-refractivity contribution in [2.75, 3.05) is 6.54 Å². The molecule has 0 aliphatic carbocycles. The molecule has 0 bridgehead atoms. The Balaban J connectivity index is 0.00000280. The fourth-order valence-corrected chi connectivity index (χ4v) is 3.37. The van der Waals surface area contributed by atoms with Crippen LogP contribution >= 0.6 is 0 Å². The summed E-state index contributed by atoms with van der Waals surface area (Å²) in [6.45, 7) is 9.97. The third-order valence-corrected chi connectivity index (χ3v) is 5.11. The molecule has 3 aromatic carbocycles. The molecule has 0 unspecified atom stereocenters. The molecule has 3 rings (SSSR count). The molecule has 1 heteroatoms. The van der Waals surface area contributed by atoms with E-state index in [4.69, 9.17) is 0 Å². The van der Waals surface area contributed by atoms with Crippen LogP contribution in [0.3, 0.4) is 0 Å². The summed E-state index contributed by atoms with van der Waals surface area (Å²) in [5.41, 5.74) is 7.87. The summed E-state index contributed by atoms with van der Waals surface area (Å²) >= 11 is 0. The van der Waals surface area contributed by atoms with Crippen LogP contribution in [-0.2, 0) is 6.54 Å². The van der Waals surface area contributed by atoms with Gasteiger partial charge in [0.05, 0.1) is 0 Å². The summed E-state index contributed by atoms with van der Waals surface area (Å²) in [5.74, 6) is 0.418. The van der Waals surface area contributed by atoms with E-state index in [-0.39, 0.29) is 7.43 Å². The van der Waals surface area contributed by atoms with Crippen LogP contribution in [0.5, 0.6) is 0 Å². The van der Waals surface area contributed by atoms with Gasteiger partial charge < -0.3 is 5.32 Å². The summed E-state index contributed by atoms with van der Waals surface area (Å²) in [4.78, 5) is 0. The number of hydrogen-bond donors (Lipinski definition) is 1. The van der Waals surface area contributed by atoms with Crippen LogP contribution in [0.15, 0.2) is 79.4 Å². The van der Waals surface area contributed by atoms with Crippen molar-refractivity contribution in [2.24, 2.45) is 0 Å². The molecule has 0 amide bonds. The molecular formula is C27H33N. The molecule has 0 spiro atoms. The Labute approximate surface area is 171 Å². The lowest BCUT2D eigenvalue weighted by Crippen LogP contribution is -2.17. The van der Waals surface area contributed by atoms with Gasteiger partial charge in [-0.05, 0) is 49.1 Å². The van der Waals surface area contributed by atoms with E-state index in [0.29, 0.717) is 5.92 Å². The highest BCUT2D eigenvalue weighted by molar-refractivity contribution is 5.47. The van der Waals surface area contributed by atoms with Crippen LogP contribution in [0.2, 0.25) is 0 Å². The van der Waals surface area contributed by atoms with E-state index < -0.39 is 0 Å². The van der Waals surface area contributed by atoms with Gasteiger partial charge in [-0.3, -0.25) is 0 Å². The first-order valence-electron chi connectivity index (χ1n) is 9.71. The molecule has 1 N–H and O–H groups in total. The van der Waals surface area contributed by atoms with Gasteiger partial charge in [-0.2, -0.15) is 0 Å². The second kappa shape index (κ2) is 10.6. The SMILES string of the molecule is C.C=Cc1ccc(CNCCC(c2ccc(C)cc2)c2ccc(C)cc2)cc1. The van der Waals surface area contributed by atoms with Crippen molar-refractivity contribution < 1.29 is 0 Å². The Hall–Kier alpha value is -2.64. The number of benzene rings is 3. The van der Waals surface area contributed by atoms with Crippen molar-refractivity contribution in [1.82, 2.24) is 5.32 Å². The lowest BCUT2D eigenvalue weighted by Gasteiger charge is -2.19. The maximum absolute atomic E-state index is 3.81. The minimum Gasteiger partial charge on any atom is -0.313 e. The number of hydrogen-bond acceptors (Lipinski definition) is 1. The zero-order valence-electron chi connectivity index (χ0n) is 16.4. The third-order valence-electron chi connectivity index (χ3n) is 5.11. The molecule has 0 radical (unpaired) electrons. The highest BCUT2D eigenvalue weighted by Crippen LogP contribution is 2.28. The second-order valence-corrected chi connectivity index (χ2v) is 7.29. The van der Waals surface area contributed by atoms with E-state index in [1.807, 2.05) is 6.08 Å². The van der Waals surface area contributed by atoms with Gasteiger partial charge in [-0.25, -0.2) is 0 Å². The third kappa shape index (κ3) is 5.94. The molecule has 0 saturated heterocycles. The van der Waals surface area contributed by atoms with Crippen LogP contribution in [0, 0.1) is 13.8 Å². The van der Waals surface area contributed by atoms with Crippen LogP contribution in [0.25, 0.3) is 6.08 Å². The van der Waals surface area contributed by atoms with Crippen LogP contribution < -0.4 is 5.32 Å². The number of rotatable bonds is 8. The first kappa shape index (κ1) is 21.7. The van der Waals surface area contributed by atoms with E-state index in [1.165, 1.54) is 27.8 Å². The topological polar surface area (TPSA) is 12.0 Å². The fraction of sp³-hybridized carbons (Fsp3) is 0.259. The van der Waals surface area contributed by atoms with Gasteiger partial charge in [0.1, 0.15) is 0 Å². The predicted molar refractivity (Wildman–Crippen MR) is 124 cm³/mol. The van der Waals surface area contributed by atoms with Crippen molar-refractivity contribution in [2.45, 2.75) is 40.2 Å². The second-order valence-electron chi connectivity index (χ2n) is 7.29. The molecule has 3 aromatic rings. The average Bonchev–Trinajstić information content (AvgIpc) is 2.70. The van der Waals surface area contributed by atoms with E-state index in [1.54, 1.807) is 0 Å². The molecule has 0 aromatic heterocycles. The van der Waals surface area contributed by atoms with Gasteiger partial charge in [0.25, 0.3) is 0 Å². The lowest BCUT2D eigenvalue weighted by atomic mass is 9.87. The highest BCUT2D eigenvalue weighted by atomic mass is 14.8. The van der Waals surface area contributed by atoms with Crippen LogP contribution in [0.1, 0.15) is 53.1 Å². The molecule has 0 fully saturated rings. The molecular weight excluding hydrogens is 338 g/mol. The quantitative estimate of drug-likeness (QED) is 0.425. The van der Waals surface area contributed by atoms with E-state index in [0.717, 1.165) is 25.1 Å². The first-order valence-corrected chi connectivity index (χ1v) is 9.71. The van der Waals surface area contributed by atoms with Gasteiger partial charge in [0, 0.05) is 12.5 Å². The van der Waals surface area contributed by atoms with Gasteiger partial charge in [-0.15, -0.1) is 0 Å². The Morgan fingerprint density at radius 1 is 0.786 bits per heavy atom. The zero-order valence-corrected chi connectivity index (χ0v) is 16.4. The number of nitrogens with one attached hydrogen (secondary N) is 1. The van der Waals surface area contributed by atoms with Crippen molar-refractivity contribution in [1.29, 1.82) is 0 Å². The monoisotopic (exact) mass is 371 g/mol. The molecule has 0 heterocycles. The van der Waals surface area contributed by atoms with E-state index in [2.05, 4.69) is 98.5 Å². The van der Waals surface area contributed by atoms with Crippen LogP contribution in [-0.4, -0.2) is 6.54 Å². The lowest BCUT2D eigenvalue weighted by molar-refractivity contribution is 0.611. The normalized spacial score (nSPS) is 10.5. The predicted octanol–water partition coefficient (Wildman–Crippen LogP) is 6.89. The Bertz CT molecular complexity index is 797. The van der Waals surface area contributed by atoms with E-state index >= 15 is 0 Å². The van der Waals surface area contributed by atoms with Crippen molar-refractivity contribution >= 4 is 6.08 Å². The smallest absolute Gasteiger partial charge is 0.0205 e. The first-order chi connectivity index (χ1) is 13.2. The zero-order chi connectivity index (χ0) is 19.1. The largest absolute Gasteiger partial charge is 0.313 e. The Morgan fingerprint density at radius 3 is 1.75 bits per heavy atom. The van der Waals surface area contributed by atoms with Gasteiger partial charge in [-0.1, -0.05) is 104 Å². The van der Waals surface area contributed by atoms with Crippen molar-refractivity contribution in [3.8, 4) is 0 Å².